The van der Waals surface area contributed by atoms with Crippen molar-refractivity contribution in [3.8, 4) is 5.75 Å². The van der Waals surface area contributed by atoms with Crippen LogP contribution in [0, 0.1) is 6.92 Å². The van der Waals surface area contributed by atoms with Crippen molar-refractivity contribution < 1.29 is 9.53 Å². The summed E-state index contributed by atoms with van der Waals surface area (Å²) in [7, 11) is 0. The molecular weight excluding hydrogens is 422 g/mol. The van der Waals surface area contributed by atoms with Gasteiger partial charge in [-0.25, -0.2) is 0 Å². The largest absolute Gasteiger partial charge is 0.489 e. The minimum Gasteiger partial charge on any atom is -0.489 e. The molecule has 3 nitrogen and oxygen atoms in total. The van der Waals surface area contributed by atoms with Crippen LogP contribution in [0.15, 0.2) is 77.7 Å². The Kier molecular flexibility index (Phi) is 6.54. The van der Waals surface area contributed by atoms with E-state index in [1.54, 1.807) is 4.90 Å². The highest BCUT2D eigenvalue weighted by Crippen LogP contribution is 2.36. The zero-order valence-corrected chi connectivity index (χ0v) is 19.1. The van der Waals surface area contributed by atoms with Crippen LogP contribution in [-0.4, -0.2) is 10.2 Å². The van der Waals surface area contributed by atoms with Crippen molar-refractivity contribution in [1.82, 2.24) is 0 Å². The summed E-state index contributed by atoms with van der Waals surface area (Å²) < 4.78 is 6.42. The molecule has 1 aliphatic heterocycles. The Morgan fingerprint density at radius 2 is 1.58 bits per heavy atom. The second-order valence-corrected chi connectivity index (χ2v) is 9.06. The standard InChI is InChI=1S/C26H23NO2S2/c1-3-19-8-12-22(13-9-19)27-25(28)24(31-26(27)30)16-20-10-14-23(15-11-20)29-17-21-6-4-18(2)5-7-21/h4-16H,3,17H2,1-2H3. The normalized spacial score (nSPS) is 15.0. The number of benzene rings is 3. The van der Waals surface area contributed by atoms with E-state index in [1.807, 2.05) is 54.6 Å². The minimum atomic E-state index is -0.0843. The number of thiocarbonyl (C=S) groups is 1. The maximum atomic E-state index is 13.0. The third-order valence-corrected chi connectivity index (χ3v) is 6.40. The Labute approximate surface area is 192 Å². The van der Waals surface area contributed by atoms with Crippen molar-refractivity contribution in [3.05, 3.63) is 100.0 Å². The number of amides is 1. The maximum absolute atomic E-state index is 13.0. The first-order chi connectivity index (χ1) is 15.0. The summed E-state index contributed by atoms with van der Waals surface area (Å²) in [5, 5.41) is 0. The molecule has 0 saturated carbocycles. The Balaban J connectivity index is 1.43. The van der Waals surface area contributed by atoms with Crippen LogP contribution >= 0.6 is 24.0 Å². The second-order valence-electron chi connectivity index (χ2n) is 7.38. The lowest BCUT2D eigenvalue weighted by Gasteiger charge is -2.14. The molecule has 1 amide bonds. The molecule has 0 radical (unpaired) electrons. The molecule has 1 saturated heterocycles. The monoisotopic (exact) mass is 445 g/mol. The summed E-state index contributed by atoms with van der Waals surface area (Å²) in [6.45, 7) is 4.70. The van der Waals surface area contributed by atoms with Crippen molar-refractivity contribution in [2.45, 2.75) is 26.9 Å². The van der Waals surface area contributed by atoms with Gasteiger partial charge < -0.3 is 4.74 Å². The number of aryl methyl sites for hydroxylation is 2. The molecule has 1 aliphatic rings. The third-order valence-electron chi connectivity index (χ3n) is 5.10. The van der Waals surface area contributed by atoms with Crippen LogP contribution in [-0.2, 0) is 17.8 Å². The molecular formula is C26H23NO2S2. The number of ether oxygens (including phenoxy) is 1. The molecule has 3 aromatic rings. The number of hydrogen-bond acceptors (Lipinski definition) is 4. The van der Waals surface area contributed by atoms with E-state index in [1.165, 1.54) is 22.9 Å². The highest BCUT2D eigenvalue weighted by atomic mass is 32.2. The third kappa shape index (κ3) is 5.06. The fourth-order valence-corrected chi connectivity index (χ4v) is 4.53. The Bertz CT molecular complexity index is 1120. The zero-order valence-electron chi connectivity index (χ0n) is 17.5. The molecule has 0 bridgehead atoms. The summed E-state index contributed by atoms with van der Waals surface area (Å²) >= 11 is 6.80. The molecule has 0 unspecified atom stereocenters. The summed E-state index contributed by atoms with van der Waals surface area (Å²) in [6.07, 6.45) is 2.84. The van der Waals surface area contributed by atoms with Gasteiger partial charge in [-0.05, 0) is 60.4 Å². The van der Waals surface area contributed by atoms with Gasteiger partial charge in [0.15, 0.2) is 4.32 Å². The van der Waals surface area contributed by atoms with E-state index < -0.39 is 0 Å². The van der Waals surface area contributed by atoms with E-state index in [2.05, 4.69) is 38.1 Å². The van der Waals surface area contributed by atoms with Crippen molar-refractivity contribution in [3.63, 3.8) is 0 Å². The van der Waals surface area contributed by atoms with E-state index in [4.69, 9.17) is 17.0 Å². The van der Waals surface area contributed by atoms with Gasteiger partial charge in [0, 0.05) is 0 Å². The number of nitrogens with zero attached hydrogens (tertiary/aromatic N) is 1. The van der Waals surface area contributed by atoms with Gasteiger partial charge in [-0.1, -0.05) is 85.0 Å². The number of hydrogen-bond donors (Lipinski definition) is 0. The summed E-state index contributed by atoms with van der Waals surface area (Å²) in [4.78, 5) is 15.2. The first kappa shape index (κ1) is 21.3. The van der Waals surface area contributed by atoms with Crippen molar-refractivity contribution in [2.75, 3.05) is 4.90 Å². The molecule has 0 atom stereocenters. The van der Waals surface area contributed by atoms with E-state index in [0.29, 0.717) is 15.8 Å². The molecule has 0 aliphatic carbocycles. The molecule has 0 N–H and O–H groups in total. The van der Waals surface area contributed by atoms with Gasteiger partial charge in [-0.3, -0.25) is 9.69 Å². The average Bonchev–Trinajstić information content (AvgIpc) is 3.07. The molecule has 5 heteroatoms. The molecule has 4 rings (SSSR count). The quantitative estimate of drug-likeness (QED) is 0.318. The van der Waals surface area contributed by atoms with Crippen LogP contribution in [0.5, 0.6) is 5.75 Å². The van der Waals surface area contributed by atoms with Crippen molar-refractivity contribution in [2.24, 2.45) is 0 Å². The van der Waals surface area contributed by atoms with E-state index >= 15 is 0 Å². The van der Waals surface area contributed by atoms with Crippen molar-refractivity contribution >= 4 is 46.0 Å². The van der Waals surface area contributed by atoms with E-state index in [-0.39, 0.29) is 5.91 Å². The van der Waals surface area contributed by atoms with Crippen LogP contribution < -0.4 is 9.64 Å². The molecule has 31 heavy (non-hydrogen) atoms. The number of rotatable bonds is 6. The summed E-state index contributed by atoms with van der Waals surface area (Å²) in [5.41, 5.74) is 5.34. The first-order valence-corrected chi connectivity index (χ1v) is 11.4. The number of carbonyl (C=O) groups is 1. The molecule has 1 fully saturated rings. The highest BCUT2D eigenvalue weighted by Gasteiger charge is 2.33. The fourth-order valence-electron chi connectivity index (χ4n) is 3.23. The maximum Gasteiger partial charge on any atom is 0.270 e. The van der Waals surface area contributed by atoms with Gasteiger partial charge in [0.25, 0.3) is 5.91 Å². The SMILES string of the molecule is CCc1ccc(N2C(=O)C(=Cc3ccc(OCc4ccc(C)cc4)cc3)SC2=S)cc1. The molecule has 0 aromatic heterocycles. The lowest BCUT2D eigenvalue weighted by Crippen LogP contribution is -2.27. The van der Waals surface area contributed by atoms with Crippen LogP contribution in [0.2, 0.25) is 0 Å². The molecule has 156 valence electrons. The number of carbonyl (C=O) groups excluding carboxylic acids is 1. The number of thioether (sulfide) groups is 1. The van der Waals surface area contributed by atoms with Crippen LogP contribution in [0.3, 0.4) is 0 Å². The van der Waals surface area contributed by atoms with E-state index in [0.717, 1.165) is 29.0 Å². The van der Waals surface area contributed by atoms with Crippen LogP contribution in [0.25, 0.3) is 6.08 Å². The minimum absolute atomic E-state index is 0.0843. The highest BCUT2D eigenvalue weighted by molar-refractivity contribution is 8.27. The Morgan fingerprint density at radius 1 is 0.935 bits per heavy atom. The second kappa shape index (κ2) is 9.50. The average molecular weight is 446 g/mol. The van der Waals surface area contributed by atoms with Gasteiger partial charge in [0.1, 0.15) is 12.4 Å². The Morgan fingerprint density at radius 3 is 2.23 bits per heavy atom. The van der Waals surface area contributed by atoms with E-state index in [9.17, 15) is 4.79 Å². The lowest BCUT2D eigenvalue weighted by atomic mass is 10.1. The Hall–Kier alpha value is -2.89. The van der Waals surface area contributed by atoms with Crippen LogP contribution in [0.1, 0.15) is 29.2 Å². The van der Waals surface area contributed by atoms with Gasteiger partial charge in [-0.15, -0.1) is 0 Å². The molecule has 1 heterocycles. The van der Waals surface area contributed by atoms with Gasteiger partial charge in [-0.2, -0.15) is 0 Å². The molecule has 0 spiro atoms. The lowest BCUT2D eigenvalue weighted by molar-refractivity contribution is -0.113. The first-order valence-electron chi connectivity index (χ1n) is 10.2. The predicted octanol–water partition coefficient (Wildman–Crippen LogP) is 6.54. The van der Waals surface area contributed by atoms with Crippen molar-refractivity contribution in [1.29, 1.82) is 0 Å². The fraction of sp³-hybridized carbons (Fsp3) is 0.154. The zero-order chi connectivity index (χ0) is 21.8. The predicted molar refractivity (Wildman–Crippen MR) is 133 cm³/mol. The molecule has 3 aromatic carbocycles. The summed E-state index contributed by atoms with van der Waals surface area (Å²) in [6, 6.07) is 24.0. The topological polar surface area (TPSA) is 29.5 Å². The number of anilines is 1. The van der Waals surface area contributed by atoms with Crippen LogP contribution in [0.4, 0.5) is 5.69 Å². The van der Waals surface area contributed by atoms with Gasteiger partial charge >= 0.3 is 0 Å². The summed E-state index contributed by atoms with van der Waals surface area (Å²) in [5.74, 6) is 0.709. The smallest absolute Gasteiger partial charge is 0.270 e. The van der Waals surface area contributed by atoms with Gasteiger partial charge in [0.2, 0.25) is 0 Å². The van der Waals surface area contributed by atoms with Gasteiger partial charge in [0.05, 0.1) is 10.6 Å².